The molecule has 0 bridgehead atoms. The molecule has 0 aromatic heterocycles. The highest BCUT2D eigenvalue weighted by Gasteiger charge is 2.43. The molecule has 5 heteroatoms. The van der Waals surface area contributed by atoms with Crippen LogP contribution in [-0.4, -0.2) is 50.1 Å². The van der Waals surface area contributed by atoms with E-state index in [1.807, 2.05) is 4.90 Å². The zero-order chi connectivity index (χ0) is 16.6. The Labute approximate surface area is 137 Å². The second-order valence-electron chi connectivity index (χ2n) is 6.63. The highest BCUT2D eigenvalue weighted by molar-refractivity contribution is 5.98. The Morgan fingerprint density at radius 2 is 2.09 bits per heavy atom. The fraction of sp³-hybridized carbons (Fsp3) is 0.556. The quantitative estimate of drug-likeness (QED) is 0.801. The van der Waals surface area contributed by atoms with Crippen LogP contribution in [0.15, 0.2) is 18.2 Å². The van der Waals surface area contributed by atoms with Gasteiger partial charge in [-0.1, -0.05) is 17.7 Å². The molecule has 0 unspecified atom stereocenters. The average Bonchev–Trinajstić information content (AvgIpc) is 2.85. The Balaban J connectivity index is 1.88. The Morgan fingerprint density at radius 1 is 1.30 bits per heavy atom. The molecular weight excluding hydrogens is 292 g/mol. The minimum absolute atomic E-state index is 0.0255. The summed E-state index contributed by atoms with van der Waals surface area (Å²) in [7, 11) is 3.49. The number of rotatable bonds is 3. The Bertz CT molecular complexity index is 629. The summed E-state index contributed by atoms with van der Waals surface area (Å²) in [6.45, 7) is 4.06. The molecule has 1 aromatic rings. The van der Waals surface area contributed by atoms with Crippen molar-refractivity contribution in [3.63, 3.8) is 0 Å². The molecule has 2 atom stereocenters. The predicted octanol–water partition coefficient (Wildman–Crippen LogP) is 2.08. The van der Waals surface area contributed by atoms with Gasteiger partial charge in [-0.2, -0.15) is 0 Å². The van der Waals surface area contributed by atoms with Crippen molar-refractivity contribution in [2.24, 2.45) is 0 Å². The number of anilines is 1. The Kier molecular flexibility index (Phi) is 4.39. The highest BCUT2D eigenvalue weighted by Crippen LogP contribution is 2.45. The first-order valence-corrected chi connectivity index (χ1v) is 8.19. The van der Waals surface area contributed by atoms with Gasteiger partial charge in [-0.25, -0.2) is 0 Å². The summed E-state index contributed by atoms with van der Waals surface area (Å²) in [5.74, 6) is 0.0601. The van der Waals surface area contributed by atoms with E-state index in [0.717, 1.165) is 25.2 Å². The molecule has 1 fully saturated rings. The van der Waals surface area contributed by atoms with Gasteiger partial charge in [0.15, 0.2) is 0 Å². The van der Waals surface area contributed by atoms with Crippen molar-refractivity contribution in [3.8, 4) is 0 Å². The molecule has 1 aromatic carbocycles. The Hall–Kier alpha value is -1.88. The maximum Gasteiger partial charge on any atom is 0.306 e. The lowest BCUT2D eigenvalue weighted by Crippen LogP contribution is -2.47. The van der Waals surface area contributed by atoms with E-state index in [4.69, 9.17) is 0 Å². The first-order valence-electron chi connectivity index (χ1n) is 8.19. The van der Waals surface area contributed by atoms with Gasteiger partial charge in [0.1, 0.15) is 0 Å². The van der Waals surface area contributed by atoms with Crippen LogP contribution in [0.1, 0.15) is 36.3 Å². The standard InChI is InChI=1S/C18H24N2O3/c1-12-4-5-15-13(10-12)14-11-19(2)9-8-16(14)20(15)17(21)6-7-18(22)23-3/h4-5,10,14,16H,6-9,11H2,1-3H3/t14-,16-/m0/s1. The molecule has 2 aliphatic heterocycles. The summed E-state index contributed by atoms with van der Waals surface area (Å²) in [6, 6.07) is 6.53. The highest BCUT2D eigenvalue weighted by atomic mass is 16.5. The van der Waals surface area contributed by atoms with Crippen LogP contribution < -0.4 is 4.90 Å². The van der Waals surface area contributed by atoms with Crippen LogP contribution in [0.4, 0.5) is 5.69 Å². The van der Waals surface area contributed by atoms with Gasteiger partial charge in [-0.05, 0) is 38.6 Å². The molecule has 0 aliphatic carbocycles. The first kappa shape index (κ1) is 16.0. The maximum atomic E-state index is 12.8. The molecule has 23 heavy (non-hydrogen) atoms. The van der Waals surface area contributed by atoms with Crippen LogP contribution in [0, 0.1) is 6.92 Å². The molecule has 3 rings (SSSR count). The summed E-state index contributed by atoms with van der Waals surface area (Å²) in [5, 5.41) is 0. The van der Waals surface area contributed by atoms with Crippen molar-refractivity contribution in [2.45, 2.75) is 38.1 Å². The minimum atomic E-state index is -0.332. The molecule has 0 radical (unpaired) electrons. The van der Waals surface area contributed by atoms with Crippen molar-refractivity contribution in [1.29, 1.82) is 0 Å². The normalized spacial score (nSPS) is 23.3. The number of piperidine rings is 1. The van der Waals surface area contributed by atoms with E-state index in [-0.39, 0.29) is 30.8 Å². The number of carbonyl (C=O) groups is 2. The summed E-state index contributed by atoms with van der Waals surface area (Å²) < 4.78 is 4.65. The van der Waals surface area contributed by atoms with Crippen LogP contribution in [0.3, 0.4) is 0 Å². The molecule has 2 heterocycles. The van der Waals surface area contributed by atoms with Crippen LogP contribution in [0.2, 0.25) is 0 Å². The van der Waals surface area contributed by atoms with E-state index in [2.05, 4.69) is 41.8 Å². The van der Waals surface area contributed by atoms with E-state index >= 15 is 0 Å². The average molecular weight is 316 g/mol. The predicted molar refractivity (Wildman–Crippen MR) is 88.6 cm³/mol. The second-order valence-corrected chi connectivity index (χ2v) is 6.63. The van der Waals surface area contributed by atoms with Crippen molar-refractivity contribution >= 4 is 17.6 Å². The summed E-state index contributed by atoms with van der Waals surface area (Å²) in [5.41, 5.74) is 3.52. The molecule has 1 amide bonds. The van der Waals surface area contributed by atoms with Crippen molar-refractivity contribution in [2.75, 3.05) is 32.1 Å². The number of carbonyl (C=O) groups excluding carboxylic acids is 2. The van der Waals surface area contributed by atoms with Crippen molar-refractivity contribution < 1.29 is 14.3 Å². The van der Waals surface area contributed by atoms with E-state index in [9.17, 15) is 9.59 Å². The lowest BCUT2D eigenvalue weighted by Gasteiger charge is -2.36. The van der Waals surface area contributed by atoms with Crippen LogP contribution in [0.5, 0.6) is 0 Å². The SMILES string of the molecule is COC(=O)CCC(=O)N1c2ccc(C)cc2[C@@H]2CN(C)CC[C@@H]21. The smallest absolute Gasteiger partial charge is 0.306 e. The topological polar surface area (TPSA) is 49.9 Å². The maximum absolute atomic E-state index is 12.8. The molecule has 0 saturated carbocycles. The van der Waals surface area contributed by atoms with Gasteiger partial charge >= 0.3 is 5.97 Å². The van der Waals surface area contributed by atoms with Crippen molar-refractivity contribution in [3.05, 3.63) is 29.3 Å². The van der Waals surface area contributed by atoms with E-state index in [1.54, 1.807) is 0 Å². The molecule has 2 aliphatic rings. The summed E-state index contributed by atoms with van der Waals surface area (Å²) >= 11 is 0. The molecule has 0 N–H and O–H groups in total. The fourth-order valence-electron chi connectivity index (χ4n) is 3.84. The molecular formula is C18H24N2O3. The first-order chi connectivity index (χ1) is 11.0. The molecule has 1 saturated heterocycles. The summed E-state index contributed by atoms with van der Waals surface area (Å²) in [4.78, 5) is 28.4. The second kappa shape index (κ2) is 6.32. The zero-order valence-electron chi connectivity index (χ0n) is 14.0. The number of aryl methyl sites for hydroxylation is 1. The van der Waals surface area contributed by atoms with Gasteiger partial charge in [0.25, 0.3) is 0 Å². The number of likely N-dealkylation sites (N-methyl/N-ethyl adjacent to an activating group) is 1. The molecule has 5 nitrogen and oxygen atoms in total. The minimum Gasteiger partial charge on any atom is -0.469 e. The number of benzene rings is 1. The van der Waals surface area contributed by atoms with E-state index < -0.39 is 0 Å². The number of hydrogen-bond acceptors (Lipinski definition) is 4. The lowest BCUT2D eigenvalue weighted by atomic mass is 9.89. The largest absolute Gasteiger partial charge is 0.469 e. The van der Waals surface area contributed by atoms with Gasteiger partial charge in [0, 0.05) is 30.6 Å². The molecule has 0 spiro atoms. The van der Waals surface area contributed by atoms with Crippen molar-refractivity contribution in [1.82, 2.24) is 4.90 Å². The summed E-state index contributed by atoms with van der Waals surface area (Å²) in [6.07, 6.45) is 1.32. The van der Waals surface area contributed by atoms with Crippen LogP contribution >= 0.6 is 0 Å². The van der Waals surface area contributed by atoms with Gasteiger partial charge in [-0.15, -0.1) is 0 Å². The number of methoxy groups -OCH3 is 1. The number of likely N-dealkylation sites (tertiary alicyclic amines) is 1. The number of esters is 1. The lowest BCUT2D eigenvalue weighted by molar-refractivity contribution is -0.141. The van der Waals surface area contributed by atoms with Gasteiger partial charge in [-0.3, -0.25) is 9.59 Å². The van der Waals surface area contributed by atoms with Crippen LogP contribution in [0.25, 0.3) is 0 Å². The number of hydrogen-bond donors (Lipinski definition) is 0. The van der Waals surface area contributed by atoms with Gasteiger partial charge < -0.3 is 14.5 Å². The van der Waals surface area contributed by atoms with E-state index in [0.29, 0.717) is 5.92 Å². The fourth-order valence-corrected chi connectivity index (χ4v) is 3.84. The molecule has 124 valence electrons. The number of ether oxygens (including phenoxy) is 1. The zero-order valence-corrected chi connectivity index (χ0v) is 14.0. The number of amides is 1. The van der Waals surface area contributed by atoms with Crippen LogP contribution in [-0.2, 0) is 14.3 Å². The Morgan fingerprint density at radius 3 is 2.83 bits per heavy atom. The van der Waals surface area contributed by atoms with Gasteiger partial charge in [0.2, 0.25) is 5.91 Å². The monoisotopic (exact) mass is 316 g/mol. The number of fused-ring (bicyclic) bond motifs is 3. The van der Waals surface area contributed by atoms with Gasteiger partial charge in [0.05, 0.1) is 13.5 Å². The third-order valence-corrected chi connectivity index (χ3v) is 4.99. The third-order valence-electron chi connectivity index (χ3n) is 4.99. The third kappa shape index (κ3) is 2.98. The number of nitrogens with zero attached hydrogens (tertiary/aromatic N) is 2. The van der Waals surface area contributed by atoms with E-state index in [1.165, 1.54) is 18.2 Å².